The van der Waals surface area contributed by atoms with Gasteiger partial charge in [0.25, 0.3) is 12.3 Å². The molecule has 3 heterocycles. The smallest absolute Gasteiger partial charge is 0.341 e. The average Bonchev–Trinajstić information content (AvgIpc) is 3.18. The summed E-state index contributed by atoms with van der Waals surface area (Å²) in [5.41, 5.74) is 1.74. The molecular weight excluding hydrogens is 414 g/mol. The van der Waals surface area contributed by atoms with Crippen molar-refractivity contribution in [1.29, 1.82) is 0 Å². The number of methoxy groups -OCH3 is 1. The van der Waals surface area contributed by atoms with Crippen LogP contribution < -0.4 is 5.32 Å². The Bertz CT molecular complexity index is 1180. The largest absolute Gasteiger partial charge is 0.465 e. The van der Waals surface area contributed by atoms with Crippen molar-refractivity contribution in [2.75, 3.05) is 12.4 Å². The number of esters is 1. The monoisotopic (exact) mass is 432 g/mol. The normalized spacial score (nSPS) is 15.6. The lowest BCUT2D eigenvalue weighted by atomic mass is 10.1. The fourth-order valence-corrected chi connectivity index (χ4v) is 5.16. The van der Waals surface area contributed by atoms with E-state index >= 15 is 0 Å². The second-order valence-corrected chi connectivity index (χ2v) is 8.59. The minimum atomic E-state index is -2.74. The highest BCUT2D eigenvalue weighted by atomic mass is 32.1. The van der Waals surface area contributed by atoms with Gasteiger partial charge >= 0.3 is 5.97 Å². The molecule has 0 saturated heterocycles. The van der Waals surface area contributed by atoms with Crippen LogP contribution in [0, 0.1) is 0 Å². The van der Waals surface area contributed by atoms with Gasteiger partial charge in [-0.05, 0) is 43.7 Å². The number of amides is 1. The van der Waals surface area contributed by atoms with Crippen LogP contribution in [-0.4, -0.2) is 33.6 Å². The number of carbonyl (C=O) groups excluding carboxylic acids is 2. The number of nitrogens with one attached hydrogen (secondary N) is 1. The van der Waals surface area contributed by atoms with Crippen molar-refractivity contribution >= 4 is 33.9 Å². The zero-order chi connectivity index (χ0) is 21.0. The van der Waals surface area contributed by atoms with Crippen LogP contribution in [0.15, 0.2) is 12.3 Å². The summed E-state index contributed by atoms with van der Waals surface area (Å²) in [6.45, 7) is 0. The first-order valence-corrected chi connectivity index (χ1v) is 10.5. The minimum Gasteiger partial charge on any atom is -0.465 e. The summed E-state index contributed by atoms with van der Waals surface area (Å²) in [6.07, 6.45) is 2.84. The molecule has 1 amide bonds. The predicted molar refractivity (Wildman–Crippen MR) is 106 cm³/mol. The number of anilines is 1. The van der Waals surface area contributed by atoms with E-state index in [1.807, 2.05) is 0 Å². The van der Waals surface area contributed by atoms with Crippen LogP contribution in [0.1, 0.15) is 74.2 Å². The van der Waals surface area contributed by atoms with Gasteiger partial charge in [0, 0.05) is 16.5 Å². The lowest BCUT2D eigenvalue weighted by Gasteiger charge is -2.08. The highest BCUT2D eigenvalue weighted by Crippen LogP contribution is 2.41. The average molecular weight is 432 g/mol. The Kier molecular flexibility index (Phi) is 4.53. The molecular formula is C20H18F2N4O3S. The maximum Gasteiger partial charge on any atom is 0.341 e. The molecule has 3 aromatic heterocycles. The lowest BCUT2D eigenvalue weighted by Crippen LogP contribution is -2.15. The summed E-state index contributed by atoms with van der Waals surface area (Å²) in [4.78, 5) is 30.8. The Balaban J connectivity index is 1.54. The highest BCUT2D eigenvalue weighted by molar-refractivity contribution is 7.17. The number of nitrogens with zero attached hydrogens (tertiary/aromatic N) is 3. The quantitative estimate of drug-likeness (QED) is 0.613. The molecule has 7 nitrogen and oxygen atoms in total. The van der Waals surface area contributed by atoms with Crippen LogP contribution in [0.4, 0.5) is 13.8 Å². The number of aryl methyl sites for hydroxylation is 1. The van der Waals surface area contributed by atoms with Gasteiger partial charge in [0.2, 0.25) is 0 Å². The van der Waals surface area contributed by atoms with E-state index in [0.717, 1.165) is 47.1 Å². The van der Waals surface area contributed by atoms with E-state index in [2.05, 4.69) is 15.4 Å². The number of rotatable bonds is 5. The van der Waals surface area contributed by atoms with Crippen molar-refractivity contribution in [3.8, 4) is 0 Å². The van der Waals surface area contributed by atoms with E-state index in [-0.39, 0.29) is 22.8 Å². The fourth-order valence-electron chi connectivity index (χ4n) is 3.89. The van der Waals surface area contributed by atoms with Gasteiger partial charge < -0.3 is 10.1 Å². The Labute approximate surface area is 174 Å². The summed E-state index contributed by atoms with van der Waals surface area (Å²) >= 11 is 1.35. The topological polar surface area (TPSA) is 85.6 Å². The van der Waals surface area contributed by atoms with Gasteiger partial charge in [-0.15, -0.1) is 11.3 Å². The predicted octanol–water partition coefficient (Wildman–Crippen LogP) is 4.13. The Morgan fingerprint density at radius 2 is 2.13 bits per heavy atom. The molecule has 0 atom stereocenters. The number of carbonyl (C=O) groups is 2. The second kappa shape index (κ2) is 7.12. The van der Waals surface area contributed by atoms with Gasteiger partial charge in [0.1, 0.15) is 16.3 Å². The molecule has 0 radical (unpaired) electrons. The van der Waals surface area contributed by atoms with E-state index in [0.29, 0.717) is 16.3 Å². The van der Waals surface area contributed by atoms with Gasteiger partial charge in [0.15, 0.2) is 5.65 Å². The Morgan fingerprint density at radius 1 is 1.33 bits per heavy atom. The SMILES string of the molecule is COC(=O)c1c(NC(=O)c2cnn3c(C(F)F)cc(C4CC4)nc23)sc2c1CCC2. The third-order valence-electron chi connectivity index (χ3n) is 5.52. The zero-order valence-electron chi connectivity index (χ0n) is 16.1. The Hall–Kier alpha value is -2.88. The van der Waals surface area contributed by atoms with Gasteiger partial charge in [-0.1, -0.05) is 0 Å². The van der Waals surface area contributed by atoms with Crippen molar-refractivity contribution < 1.29 is 23.1 Å². The van der Waals surface area contributed by atoms with E-state index < -0.39 is 18.3 Å². The molecule has 0 aromatic carbocycles. The second-order valence-electron chi connectivity index (χ2n) is 7.48. The van der Waals surface area contributed by atoms with E-state index in [1.165, 1.54) is 30.7 Å². The number of fused-ring (bicyclic) bond motifs is 2. The van der Waals surface area contributed by atoms with E-state index in [1.54, 1.807) is 0 Å². The highest BCUT2D eigenvalue weighted by Gasteiger charge is 2.31. The maximum atomic E-state index is 13.6. The van der Waals surface area contributed by atoms with Crippen LogP contribution in [0.25, 0.3) is 5.65 Å². The summed E-state index contributed by atoms with van der Waals surface area (Å²) in [6, 6.07) is 1.36. The molecule has 156 valence electrons. The van der Waals surface area contributed by atoms with Gasteiger partial charge in [-0.3, -0.25) is 4.79 Å². The summed E-state index contributed by atoms with van der Waals surface area (Å²) in [7, 11) is 1.30. The van der Waals surface area contributed by atoms with Crippen LogP contribution in [0.2, 0.25) is 0 Å². The van der Waals surface area contributed by atoms with Crippen LogP contribution in [0.5, 0.6) is 0 Å². The zero-order valence-corrected chi connectivity index (χ0v) is 16.9. The molecule has 2 aliphatic carbocycles. The lowest BCUT2D eigenvalue weighted by molar-refractivity contribution is 0.0601. The Morgan fingerprint density at radius 3 is 2.83 bits per heavy atom. The standard InChI is InChI=1S/C20H18F2N4O3S/c1-29-20(28)15-10-3-2-4-14(10)30-19(15)25-18(27)11-8-23-26-13(16(21)22)7-12(9-5-6-9)24-17(11)26/h7-9,16H,2-6H2,1H3,(H,25,27). The minimum absolute atomic E-state index is 0.0868. The first kappa shape index (κ1) is 19.1. The van der Waals surface area contributed by atoms with Crippen LogP contribution >= 0.6 is 11.3 Å². The van der Waals surface area contributed by atoms with E-state index in [4.69, 9.17) is 4.74 Å². The van der Waals surface area contributed by atoms with Crippen molar-refractivity contribution in [1.82, 2.24) is 14.6 Å². The van der Waals surface area contributed by atoms with Crippen LogP contribution in [-0.2, 0) is 17.6 Å². The summed E-state index contributed by atoms with van der Waals surface area (Å²) in [5.74, 6) is -0.904. The number of hydrogen-bond donors (Lipinski definition) is 1. The fraction of sp³-hybridized carbons (Fsp3) is 0.400. The van der Waals surface area contributed by atoms with Crippen molar-refractivity contribution in [2.45, 2.75) is 44.4 Å². The van der Waals surface area contributed by atoms with Crippen molar-refractivity contribution in [3.05, 3.63) is 45.2 Å². The van der Waals surface area contributed by atoms with Gasteiger partial charge in [0.05, 0.1) is 18.9 Å². The van der Waals surface area contributed by atoms with Gasteiger partial charge in [-0.2, -0.15) is 5.10 Å². The molecule has 30 heavy (non-hydrogen) atoms. The third-order valence-corrected chi connectivity index (χ3v) is 6.73. The molecule has 0 spiro atoms. The molecule has 0 aliphatic heterocycles. The molecule has 1 saturated carbocycles. The number of hydrogen-bond acceptors (Lipinski definition) is 6. The van der Waals surface area contributed by atoms with Crippen molar-refractivity contribution in [3.63, 3.8) is 0 Å². The maximum absolute atomic E-state index is 13.6. The summed E-state index contributed by atoms with van der Waals surface area (Å²) in [5, 5.41) is 7.14. The van der Waals surface area contributed by atoms with Crippen LogP contribution in [0.3, 0.4) is 0 Å². The van der Waals surface area contributed by atoms with Gasteiger partial charge in [-0.25, -0.2) is 23.1 Å². The number of halogens is 2. The number of alkyl halides is 2. The molecule has 1 N–H and O–H groups in total. The number of thiophene rings is 1. The molecule has 0 unspecified atom stereocenters. The van der Waals surface area contributed by atoms with Crippen molar-refractivity contribution in [2.24, 2.45) is 0 Å². The first-order valence-electron chi connectivity index (χ1n) is 9.68. The molecule has 0 bridgehead atoms. The summed E-state index contributed by atoms with van der Waals surface area (Å²) < 4.78 is 33.0. The van der Waals surface area contributed by atoms with E-state index in [9.17, 15) is 18.4 Å². The third kappa shape index (κ3) is 3.06. The molecule has 1 fully saturated rings. The molecule has 10 heteroatoms. The molecule has 3 aromatic rings. The number of aromatic nitrogens is 3. The molecule has 5 rings (SSSR count). The first-order chi connectivity index (χ1) is 14.5. The number of ether oxygens (including phenoxy) is 1. The molecule has 2 aliphatic rings.